The van der Waals surface area contributed by atoms with Crippen LogP contribution < -0.4 is 10.1 Å². The third kappa shape index (κ3) is 7.65. The largest absolute Gasteiger partial charge is 0.483 e. The Hall–Kier alpha value is -2.24. The van der Waals surface area contributed by atoms with Crippen molar-refractivity contribution in [2.24, 2.45) is 0 Å². The van der Waals surface area contributed by atoms with Crippen LogP contribution in [0.15, 0.2) is 30.3 Å². The van der Waals surface area contributed by atoms with E-state index in [1.54, 1.807) is 18.2 Å². The van der Waals surface area contributed by atoms with Crippen LogP contribution in [0.4, 0.5) is 0 Å². The summed E-state index contributed by atoms with van der Waals surface area (Å²) in [4.78, 5) is 28.0. The standard InChI is InChI=1S/C26H34Cl2N2O3/c1-8-22(25(32)29-26(5,6)7)30(14-19-9-10-20(27)13-21(19)28)24(31)15-33-23-12-16(2)11-17(3)18(23)4/h9-13,22H,8,14-15H2,1-7H3,(H,29,32). The van der Waals surface area contributed by atoms with Crippen LogP contribution in [0, 0.1) is 20.8 Å². The highest BCUT2D eigenvalue weighted by Crippen LogP contribution is 2.26. The van der Waals surface area contributed by atoms with E-state index < -0.39 is 11.6 Å². The highest BCUT2D eigenvalue weighted by atomic mass is 35.5. The zero-order valence-corrected chi connectivity index (χ0v) is 22.0. The van der Waals surface area contributed by atoms with Gasteiger partial charge in [-0.2, -0.15) is 0 Å². The van der Waals surface area contributed by atoms with Crippen LogP contribution in [-0.2, 0) is 16.1 Å². The molecule has 33 heavy (non-hydrogen) atoms. The topological polar surface area (TPSA) is 58.6 Å². The van der Waals surface area contributed by atoms with Gasteiger partial charge in [-0.15, -0.1) is 0 Å². The van der Waals surface area contributed by atoms with Gasteiger partial charge in [-0.1, -0.05) is 42.3 Å². The predicted octanol–water partition coefficient (Wildman–Crippen LogP) is 6.02. The minimum absolute atomic E-state index is 0.167. The van der Waals surface area contributed by atoms with Gasteiger partial charge in [0, 0.05) is 22.1 Å². The van der Waals surface area contributed by atoms with E-state index in [-0.39, 0.29) is 25.0 Å². The molecule has 2 aromatic rings. The molecule has 0 bridgehead atoms. The number of benzene rings is 2. The fourth-order valence-electron chi connectivity index (χ4n) is 3.58. The number of aryl methyl sites for hydroxylation is 2. The van der Waals surface area contributed by atoms with Crippen LogP contribution in [0.25, 0.3) is 0 Å². The van der Waals surface area contributed by atoms with Crippen LogP contribution >= 0.6 is 23.2 Å². The zero-order chi connectivity index (χ0) is 24.9. The summed E-state index contributed by atoms with van der Waals surface area (Å²) in [5, 5.41) is 3.93. The first-order valence-corrected chi connectivity index (χ1v) is 11.8. The van der Waals surface area contributed by atoms with Crippen molar-refractivity contribution in [2.45, 2.75) is 73.0 Å². The molecular weight excluding hydrogens is 459 g/mol. The summed E-state index contributed by atoms with van der Waals surface area (Å²) in [6, 6.07) is 8.44. The molecule has 1 atom stereocenters. The molecule has 2 aromatic carbocycles. The van der Waals surface area contributed by atoms with E-state index >= 15 is 0 Å². The molecule has 1 unspecified atom stereocenters. The summed E-state index contributed by atoms with van der Waals surface area (Å²) in [6.45, 7) is 13.5. The maximum atomic E-state index is 13.4. The van der Waals surface area contributed by atoms with Gasteiger partial charge in [-0.25, -0.2) is 0 Å². The van der Waals surface area contributed by atoms with Crippen molar-refractivity contribution in [2.75, 3.05) is 6.61 Å². The van der Waals surface area contributed by atoms with Crippen molar-refractivity contribution in [3.8, 4) is 5.75 Å². The third-order valence-electron chi connectivity index (χ3n) is 5.36. The summed E-state index contributed by atoms with van der Waals surface area (Å²) in [7, 11) is 0. The van der Waals surface area contributed by atoms with Crippen LogP contribution in [0.1, 0.15) is 56.4 Å². The van der Waals surface area contributed by atoms with Crippen LogP contribution in [0.5, 0.6) is 5.75 Å². The van der Waals surface area contributed by atoms with Gasteiger partial charge in [0.2, 0.25) is 5.91 Å². The minimum atomic E-state index is -0.674. The van der Waals surface area contributed by atoms with E-state index in [4.69, 9.17) is 27.9 Å². The van der Waals surface area contributed by atoms with E-state index in [1.807, 2.05) is 54.5 Å². The molecule has 0 spiro atoms. The van der Waals surface area contributed by atoms with E-state index in [0.717, 1.165) is 16.7 Å². The molecule has 180 valence electrons. The smallest absolute Gasteiger partial charge is 0.261 e. The first kappa shape index (κ1) is 27.0. The van der Waals surface area contributed by atoms with Gasteiger partial charge < -0.3 is 15.0 Å². The van der Waals surface area contributed by atoms with E-state index in [1.165, 1.54) is 4.90 Å². The lowest BCUT2D eigenvalue weighted by atomic mass is 10.1. The molecule has 0 saturated heterocycles. The predicted molar refractivity (Wildman–Crippen MR) is 135 cm³/mol. The second-order valence-electron chi connectivity index (χ2n) is 9.41. The molecule has 2 rings (SSSR count). The first-order chi connectivity index (χ1) is 15.3. The summed E-state index contributed by atoms with van der Waals surface area (Å²) in [5.74, 6) is 0.152. The number of carbonyl (C=O) groups is 2. The number of nitrogens with one attached hydrogen (secondary N) is 1. The molecule has 0 fully saturated rings. The Labute approximate surface area is 207 Å². The molecule has 0 saturated carbocycles. The number of hydrogen-bond donors (Lipinski definition) is 1. The van der Waals surface area contributed by atoms with Gasteiger partial charge in [0.1, 0.15) is 11.8 Å². The van der Waals surface area contributed by atoms with Crippen molar-refractivity contribution < 1.29 is 14.3 Å². The Morgan fingerprint density at radius 1 is 1.09 bits per heavy atom. The van der Waals surface area contributed by atoms with Crippen LogP contribution in [0.2, 0.25) is 10.0 Å². The van der Waals surface area contributed by atoms with Crippen molar-refractivity contribution in [1.29, 1.82) is 0 Å². The summed E-state index contributed by atoms with van der Waals surface area (Å²) in [5.41, 5.74) is 3.42. The summed E-state index contributed by atoms with van der Waals surface area (Å²) >= 11 is 12.4. The molecule has 0 aliphatic heterocycles. The molecular formula is C26H34Cl2N2O3. The van der Waals surface area contributed by atoms with Gasteiger partial charge >= 0.3 is 0 Å². The molecule has 5 nitrogen and oxygen atoms in total. The van der Waals surface area contributed by atoms with Gasteiger partial charge in [0.25, 0.3) is 5.91 Å². The van der Waals surface area contributed by atoms with E-state index in [0.29, 0.717) is 27.8 Å². The van der Waals surface area contributed by atoms with Gasteiger partial charge in [-0.3, -0.25) is 9.59 Å². The van der Waals surface area contributed by atoms with E-state index in [9.17, 15) is 9.59 Å². The average molecular weight is 493 g/mol. The van der Waals surface area contributed by atoms with Crippen molar-refractivity contribution in [3.63, 3.8) is 0 Å². The summed E-state index contributed by atoms with van der Waals surface area (Å²) in [6.07, 6.45) is 0.446. The summed E-state index contributed by atoms with van der Waals surface area (Å²) < 4.78 is 5.93. The number of ether oxygens (including phenoxy) is 1. The number of halogens is 2. The monoisotopic (exact) mass is 492 g/mol. The Kier molecular flexibility index (Phi) is 9.21. The number of carbonyl (C=O) groups excluding carboxylic acids is 2. The Morgan fingerprint density at radius 3 is 2.33 bits per heavy atom. The SMILES string of the molecule is CCC(C(=O)NC(C)(C)C)N(Cc1ccc(Cl)cc1Cl)C(=O)COc1cc(C)cc(C)c1C. The number of nitrogens with zero attached hydrogens (tertiary/aromatic N) is 1. The molecule has 0 aliphatic carbocycles. The number of hydrogen-bond acceptors (Lipinski definition) is 3. The molecule has 7 heteroatoms. The van der Waals surface area contributed by atoms with Crippen LogP contribution in [0.3, 0.4) is 0 Å². The molecule has 0 radical (unpaired) electrons. The van der Waals surface area contributed by atoms with Crippen LogP contribution in [-0.4, -0.2) is 34.9 Å². The lowest BCUT2D eigenvalue weighted by molar-refractivity contribution is -0.143. The van der Waals surface area contributed by atoms with Crippen molar-refractivity contribution >= 4 is 35.0 Å². The molecule has 1 N–H and O–H groups in total. The second kappa shape index (κ2) is 11.3. The quantitative estimate of drug-likeness (QED) is 0.489. The van der Waals surface area contributed by atoms with Gasteiger partial charge in [-0.05, 0) is 88.4 Å². The lowest BCUT2D eigenvalue weighted by Crippen LogP contribution is -2.54. The normalized spacial score (nSPS) is 12.3. The number of amides is 2. The third-order valence-corrected chi connectivity index (χ3v) is 5.94. The number of rotatable bonds is 8. The lowest BCUT2D eigenvalue weighted by Gasteiger charge is -2.33. The molecule has 0 heterocycles. The zero-order valence-electron chi connectivity index (χ0n) is 20.5. The fraction of sp³-hybridized carbons (Fsp3) is 0.462. The minimum Gasteiger partial charge on any atom is -0.483 e. The maximum Gasteiger partial charge on any atom is 0.261 e. The molecule has 0 aliphatic rings. The molecule has 2 amide bonds. The van der Waals surface area contributed by atoms with Crippen molar-refractivity contribution in [3.05, 3.63) is 62.6 Å². The van der Waals surface area contributed by atoms with Gasteiger partial charge in [0.15, 0.2) is 6.61 Å². The van der Waals surface area contributed by atoms with E-state index in [2.05, 4.69) is 11.4 Å². The Balaban J connectivity index is 2.34. The Bertz CT molecular complexity index is 1020. The Morgan fingerprint density at radius 2 is 1.76 bits per heavy atom. The molecule has 0 aromatic heterocycles. The highest BCUT2D eigenvalue weighted by Gasteiger charge is 2.31. The average Bonchev–Trinajstić information content (AvgIpc) is 2.69. The maximum absolute atomic E-state index is 13.4. The van der Waals surface area contributed by atoms with Gasteiger partial charge in [0.05, 0.1) is 0 Å². The highest BCUT2D eigenvalue weighted by molar-refractivity contribution is 6.35. The fourth-order valence-corrected chi connectivity index (χ4v) is 4.05. The second-order valence-corrected chi connectivity index (χ2v) is 10.3. The van der Waals surface area contributed by atoms with Crippen molar-refractivity contribution in [1.82, 2.24) is 10.2 Å². The first-order valence-electron chi connectivity index (χ1n) is 11.1.